The molecule has 1 aliphatic heterocycles. The molecule has 2 aromatic carbocycles. The molecule has 0 saturated carbocycles. The van der Waals surface area contributed by atoms with Gasteiger partial charge in [-0.3, -0.25) is 4.79 Å². The minimum atomic E-state index is -0.835. The third-order valence-electron chi connectivity index (χ3n) is 4.85. The number of anilines is 1. The summed E-state index contributed by atoms with van der Waals surface area (Å²) in [7, 11) is 3.94. The van der Waals surface area contributed by atoms with Crippen LogP contribution in [0.5, 0.6) is 0 Å². The van der Waals surface area contributed by atoms with Crippen molar-refractivity contribution in [3.05, 3.63) is 65.2 Å². The minimum absolute atomic E-state index is 0.0706. The van der Waals surface area contributed by atoms with Crippen molar-refractivity contribution in [1.29, 1.82) is 0 Å². The zero-order valence-electron chi connectivity index (χ0n) is 15.7. The first-order valence-electron chi connectivity index (χ1n) is 9.15. The molecule has 0 bridgehead atoms. The number of amides is 1. The van der Waals surface area contributed by atoms with Crippen molar-refractivity contribution >= 4 is 11.6 Å². The normalized spacial score (nSPS) is 16.8. The maximum atomic E-state index is 13.4. The largest absolute Gasteiger partial charge is 0.371 e. The quantitative estimate of drug-likeness (QED) is 0.844. The van der Waals surface area contributed by atoms with E-state index in [0.29, 0.717) is 30.9 Å². The molecule has 4 nitrogen and oxygen atoms in total. The molecule has 0 radical (unpaired) electrons. The Labute approximate surface area is 158 Å². The molecule has 144 valence electrons. The molecule has 0 spiro atoms. The molecule has 1 atom stereocenters. The highest BCUT2D eigenvalue weighted by molar-refractivity contribution is 5.95. The zero-order chi connectivity index (χ0) is 19.4. The van der Waals surface area contributed by atoms with E-state index in [9.17, 15) is 13.6 Å². The predicted octanol–water partition coefficient (Wildman–Crippen LogP) is 3.28. The van der Waals surface area contributed by atoms with E-state index in [2.05, 4.69) is 5.32 Å². The lowest BCUT2D eigenvalue weighted by molar-refractivity contribution is 0.0946. The van der Waals surface area contributed by atoms with Crippen molar-refractivity contribution < 1.29 is 13.6 Å². The fourth-order valence-electron chi connectivity index (χ4n) is 3.47. The highest BCUT2D eigenvalue weighted by Gasteiger charge is 2.24. The molecule has 1 N–H and O–H groups in total. The maximum Gasteiger partial charge on any atom is 0.251 e. The Bertz CT molecular complexity index is 810. The van der Waals surface area contributed by atoms with Gasteiger partial charge >= 0.3 is 0 Å². The van der Waals surface area contributed by atoms with Crippen LogP contribution in [0, 0.1) is 17.6 Å². The molecule has 0 aromatic heterocycles. The zero-order valence-corrected chi connectivity index (χ0v) is 15.7. The highest BCUT2D eigenvalue weighted by Crippen LogP contribution is 2.25. The number of nitrogens with zero attached hydrogens (tertiary/aromatic N) is 2. The van der Waals surface area contributed by atoms with Crippen molar-refractivity contribution in [2.24, 2.45) is 5.92 Å². The van der Waals surface area contributed by atoms with Crippen molar-refractivity contribution in [3.63, 3.8) is 0 Å². The van der Waals surface area contributed by atoms with Gasteiger partial charge in [0.1, 0.15) is 0 Å². The molecular formula is C21H25F2N3O. The van der Waals surface area contributed by atoms with Gasteiger partial charge < -0.3 is 15.1 Å². The summed E-state index contributed by atoms with van der Waals surface area (Å²) in [5.74, 6) is -1.46. The van der Waals surface area contributed by atoms with Gasteiger partial charge in [-0.1, -0.05) is 18.2 Å². The number of hydrogen-bond donors (Lipinski definition) is 1. The van der Waals surface area contributed by atoms with E-state index in [4.69, 9.17) is 0 Å². The van der Waals surface area contributed by atoms with Crippen LogP contribution >= 0.6 is 0 Å². The molecule has 0 aliphatic carbocycles. The van der Waals surface area contributed by atoms with Crippen molar-refractivity contribution in [1.82, 2.24) is 10.2 Å². The first-order valence-corrected chi connectivity index (χ1v) is 9.15. The van der Waals surface area contributed by atoms with Crippen LogP contribution in [0.25, 0.3) is 0 Å². The van der Waals surface area contributed by atoms with Gasteiger partial charge in [0.25, 0.3) is 5.91 Å². The Hall–Kier alpha value is -2.47. The fraction of sp³-hybridized carbons (Fsp3) is 0.381. The Morgan fingerprint density at radius 1 is 1.19 bits per heavy atom. The summed E-state index contributed by atoms with van der Waals surface area (Å²) in [6, 6.07) is 11.6. The van der Waals surface area contributed by atoms with Gasteiger partial charge in [-0.05, 0) is 50.2 Å². The molecule has 27 heavy (non-hydrogen) atoms. The van der Waals surface area contributed by atoms with Gasteiger partial charge in [-0.2, -0.15) is 0 Å². The first-order chi connectivity index (χ1) is 12.9. The number of hydrogen-bond acceptors (Lipinski definition) is 3. The van der Waals surface area contributed by atoms with Crippen molar-refractivity contribution in [3.8, 4) is 0 Å². The number of nitrogens with one attached hydrogen (secondary N) is 1. The predicted molar refractivity (Wildman–Crippen MR) is 103 cm³/mol. The van der Waals surface area contributed by atoms with E-state index >= 15 is 0 Å². The second kappa shape index (κ2) is 8.48. The molecule has 3 rings (SSSR count). The number of carbonyl (C=O) groups excluding carboxylic acids is 1. The van der Waals surface area contributed by atoms with Crippen LogP contribution in [0.15, 0.2) is 42.5 Å². The summed E-state index contributed by atoms with van der Waals surface area (Å²) in [5.41, 5.74) is 2.37. The molecule has 1 amide bonds. The van der Waals surface area contributed by atoms with E-state index < -0.39 is 11.6 Å². The molecule has 1 fully saturated rings. The molecule has 1 saturated heterocycles. The monoisotopic (exact) mass is 373 g/mol. The highest BCUT2D eigenvalue weighted by atomic mass is 19.2. The van der Waals surface area contributed by atoms with Crippen LogP contribution in [0.1, 0.15) is 22.3 Å². The lowest BCUT2D eigenvalue weighted by Crippen LogP contribution is -2.32. The van der Waals surface area contributed by atoms with E-state index in [1.807, 2.05) is 48.2 Å². The second-order valence-corrected chi connectivity index (χ2v) is 7.30. The van der Waals surface area contributed by atoms with Gasteiger partial charge in [0, 0.05) is 43.5 Å². The fourth-order valence-corrected chi connectivity index (χ4v) is 3.47. The summed E-state index contributed by atoms with van der Waals surface area (Å²) >= 11 is 0. The van der Waals surface area contributed by atoms with E-state index in [0.717, 1.165) is 24.6 Å². The minimum Gasteiger partial charge on any atom is -0.371 e. The summed E-state index contributed by atoms with van der Waals surface area (Å²) < 4.78 is 26.5. The molecular weight excluding hydrogens is 348 g/mol. The third kappa shape index (κ3) is 4.83. The summed E-state index contributed by atoms with van der Waals surface area (Å²) in [6.45, 7) is 2.75. The number of rotatable bonds is 6. The van der Waals surface area contributed by atoms with Crippen LogP contribution in [0.3, 0.4) is 0 Å². The molecule has 6 heteroatoms. The molecule has 1 unspecified atom stereocenters. The number of halogens is 2. The van der Waals surface area contributed by atoms with E-state index in [1.165, 1.54) is 6.07 Å². The maximum absolute atomic E-state index is 13.4. The molecule has 2 aromatic rings. The third-order valence-corrected chi connectivity index (χ3v) is 4.85. The second-order valence-electron chi connectivity index (χ2n) is 7.30. The van der Waals surface area contributed by atoms with Crippen LogP contribution in [-0.4, -0.2) is 44.5 Å². The van der Waals surface area contributed by atoms with Gasteiger partial charge in [0.05, 0.1) is 0 Å². The lowest BCUT2D eigenvalue weighted by atomic mass is 10.1. The summed E-state index contributed by atoms with van der Waals surface area (Å²) in [4.78, 5) is 16.7. The van der Waals surface area contributed by atoms with Crippen LogP contribution in [-0.2, 0) is 6.54 Å². The number of benzene rings is 2. The SMILES string of the molecule is CN(C)Cc1ccccc1C(=O)NCC1CCN(c2ccc(F)c(F)c2)C1. The van der Waals surface area contributed by atoms with Crippen LogP contribution < -0.4 is 10.2 Å². The van der Waals surface area contributed by atoms with Crippen molar-refractivity contribution in [2.75, 3.05) is 38.6 Å². The van der Waals surface area contributed by atoms with Crippen LogP contribution in [0.4, 0.5) is 14.5 Å². The van der Waals surface area contributed by atoms with Gasteiger partial charge in [-0.25, -0.2) is 8.78 Å². The topological polar surface area (TPSA) is 35.6 Å². The van der Waals surface area contributed by atoms with Gasteiger partial charge in [-0.15, -0.1) is 0 Å². The average molecular weight is 373 g/mol. The Morgan fingerprint density at radius 3 is 2.70 bits per heavy atom. The van der Waals surface area contributed by atoms with Gasteiger partial charge in [0.15, 0.2) is 11.6 Å². The smallest absolute Gasteiger partial charge is 0.251 e. The number of carbonyl (C=O) groups is 1. The van der Waals surface area contributed by atoms with E-state index in [-0.39, 0.29) is 11.8 Å². The summed E-state index contributed by atoms with van der Waals surface area (Å²) in [6.07, 6.45) is 0.901. The molecule has 1 aliphatic rings. The molecule has 1 heterocycles. The average Bonchev–Trinajstić information content (AvgIpc) is 3.11. The standard InChI is InChI=1S/C21H25F2N3O/c1-25(2)14-16-5-3-4-6-18(16)21(27)24-12-15-9-10-26(13-15)17-7-8-19(22)20(23)11-17/h3-8,11,15H,9-10,12-14H2,1-2H3,(H,24,27). The Balaban J connectivity index is 1.57. The Kier molecular flexibility index (Phi) is 6.06. The lowest BCUT2D eigenvalue weighted by Gasteiger charge is -2.19. The van der Waals surface area contributed by atoms with Gasteiger partial charge in [0.2, 0.25) is 0 Å². The Morgan fingerprint density at radius 2 is 1.96 bits per heavy atom. The van der Waals surface area contributed by atoms with Crippen molar-refractivity contribution in [2.45, 2.75) is 13.0 Å². The van der Waals surface area contributed by atoms with E-state index in [1.54, 1.807) is 6.07 Å². The summed E-state index contributed by atoms with van der Waals surface area (Å²) in [5, 5.41) is 3.03. The van der Waals surface area contributed by atoms with Crippen LogP contribution in [0.2, 0.25) is 0 Å². The first kappa shape index (κ1) is 19.3.